The number of hydrogen-bond acceptors (Lipinski definition) is 10. The number of ether oxygens (including phenoxy) is 4. The van der Waals surface area contributed by atoms with Crippen molar-refractivity contribution in [2.45, 2.75) is 0 Å². The van der Waals surface area contributed by atoms with Gasteiger partial charge in [-0.3, -0.25) is 0 Å². The molecule has 0 spiro atoms. The molecule has 321 valence electrons. The van der Waals surface area contributed by atoms with Crippen molar-refractivity contribution < 1.29 is 55.2 Å². The van der Waals surface area contributed by atoms with Gasteiger partial charge < -0.3 is 28.9 Å². The zero-order valence-corrected chi connectivity index (χ0v) is 36.6. The molecule has 9 rings (SSSR count). The van der Waals surface area contributed by atoms with Crippen molar-refractivity contribution >= 4 is 70.2 Å². The van der Waals surface area contributed by atoms with E-state index in [4.69, 9.17) is 28.9 Å². The number of aromatic amines is 2. The number of nitrogens with one attached hydrogen (secondary N) is 2. The van der Waals surface area contributed by atoms with Crippen molar-refractivity contribution in [1.29, 1.82) is 0 Å². The number of benzene rings is 4. The molecule has 2 N–H and O–H groups in total. The van der Waals surface area contributed by atoms with Crippen LogP contribution in [0.4, 0.5) is 0 Å². The molecular weight excluding hydrogens is 864 g/mol. The average Bonchev–Trinajstić information content (AvgIpc) is 4.20. The van der Waals surface area contributed by atoms with Crippen molar-refractivity contribution in [3.05, 3.63) is 166 Å². The molecule has 5 heterocycles. The predicted molar refractivity (Wildman–Crippen MR) is 246 cm³/mol. The molecule has 8 bridgehead atoms. The molecule has 2 aliphatic heterocycles. The van der Waals surface area contributed by atoms with Crippen LogP contribution in [-0.2, 0) is 36.0 Å². The number of nitrogens with zero attached hydrogens (tertiary/aromatic N) is 2. The number of carbonyl (C=O) groups is 4. The minimum Gasteiger partial charge on any atom is -0.465 e. The minimum absolute atomic E-state index is 0. The maximum atomic E-state index is 12.5. The number of H-pyrrole nitrogens is 2. The van der Waals surface area contributed by atoms with E-state index >= 15 is 0 Å². The van der Waals surface area contributed by atoms with Gasteiger partial charge in [0, 0.05) is 61.4 Å². The van der Waals surface area contributed by atoms with Gasteiger partial charge in [-0.25, -0.2) is 29.1 Å². The molecule has 7 aromatic rings. The van der Waals surface area contributed by atoms with E-state index in [2.05, 4.69) is 9.97 Å². The maximum absolute atomic E-state index is 12.5. The third-order valence-corrected chi connectivity index (χ3v) is 11.1. The molecule has 13 heteroatoms. The first-order valence-electron chi connectivity index (χ1n) is 20.1. The molecule has 3 aromatic heterocycles. The molecule has 0 fully saturated rings. The number of rotatable bonds is 8. The molecular formula is C52H38MnN4O8. The zero-order valence-electron chi connectivity index (χ0n) is 35.4. The standard InChI is InChI=1S/C52H38N4O8.Mn/c1-61-49(57)33-13-5-29(6-14-33)45-37-21-23-39(53-37)46(30-7-15-34(16-8-30)50(58)62-2)41-25-27-43(55-41)48(32-11-19-36(20-12-32)52(60)64-4)44-28-26-42(56-44)47(40-24-22-38(45)54-40)31-9-17-35(18-10-31)51(59)63-3;/h5-28,53,56H,1-4H3;. The van der Waals surface area contributed by atoms with Gasteiger partial charge in [-0.05, 0) is 119 Å². The first-order valence-corrected chi connectivity index (χ1v) is 20.1. The molecule has 0 saturated heterocycles. The summed E-state index contributed by atoms with van der Waals surface area (Å²) < 4.78 is 19.9. The molecule has 0 unspecified atom stereocenters. The fraction of sp³-hybridized carbons (Fsp3) is 0.0769. The van der Waals surface area contributed by atoms with E-state index < -0.39 is 23.9 Å². The van der Waals surface area contributed by atoms with Gasteiger partial charge in [0.05, 0.1) is 73.5 Å². The van der Waals surface area contributed by atoms with E-state index in [0.717, 1.165) is 66.6 Å². The molecule has 2 aliphatic rings. The average molecular weight is 902 g/mol. The van der Waals surface area contributed by atoms with Crippen LogP contribution in [0.15, 0.2) is 121 Å². The Labute approximate surface area is 383 Å². The third-order valence-electron chi connectivity index (χ3n) is 11.1. The second kappa shape index (κ2) is 18.3. The van der Waals surface area contributed by atoms with Crippen LogP contribution in [0.5, 0.6) is 0 Å². The Kier molecular flexibility index (Phi) is 12.3. The molecule has 12 nitrogen and oxygen atoms in total. The summed E-state index contributed by atoms with van der Waals surface area (Å²) in [7, 11) is 5.38. The molecule has 65 heavy (non-hydrogen) atoms. The van der Waals surface area contributed by atoms with Crippen LogP contribution in [-0.4, -0.2) is 72.3 Å². The van der Waals surface area contributed by atoms with Crippen molar-refractivity contribution in [2.24, 2.45) is 0 Å². The molecule has 4 aromatic carbocycles. The van der Waals surface area contributed by atoms with Crippen LogP contribution in [0.3, 0.4) is 0 Å². The number of aromatic nitrogens is 4. The van der Waals surface area contributed by atoms with Crippen molar-refractivity contribution in [2.75, 3.05) is 28.4 Å². The zero-order chi connectivity index (χ0) is 44.5. The maximum Gasteiger partial charge on any atom is 0.337 e. The van der Waals surface area contributed by atoms with Gasteiger partial charge in [-0.2, -0.15) is 0 Å². The van der Waals surface area contributed by atoms with Gasteiger partial charge in [0.15, 0.2) is 0 Å². The van der Waals surface area contributed by atoms with Crippen LogP contribution < -0.4 is 0 Å². The number of esters is 4. The first kappa shape index (κ1) is 43.5. The second-order valence-corrected chi connectivity index (χ2v) is 14.8. The van der Waals surface area contributed by atoms with Crippen molar-refractivity contribution in [3.63, 3.8) is 0 Å². The Hall–Kier alpha value is -8.12. The number of carbonyl (C=O) groups excluding carboxylic acids is 4. The van der Waals surface area contributed by atoms with E-state index in [-0.39, 0.29) is 17.1 Å². The largest absolute Gasteiger partial charge is 0.465 e. The number of fused-ring (bicyclic) bond motifs is 8. The van der Waals surface area contributed by atoms with Crippen LogP contribution in [0.2, 0.25) is 0 Å². The van der Waals surface area contributed by atoms with Gasteiger partial charge in [0.1, 0.15) is 0 Å². The normalized spacial score (nSPS) is 11.4. The Morgan fingerprint density at radius 3 is 0.723 bits per heavy atom. The smallest absolute Gasteiger partial charge is 0.337 e. The topological polar surface area (TPSA) is 163 Å². The predicted octanol–water partition coefficient (Wildman–Crippen LogP) is 10.5. The quantitative estimate of drug-likeness (QED) is 0.0853. The fourth-order valence-corrected chi connectivity index (χ4v) is 7.98. The van der Waals surface area contributed by atoms with Crippen LogP contribution in [0.1, 0.15) is 64.2 Å². The Morgan fingerprint density at radius 1 is 0.338 bits per heavy atom. The SMILES string of the molecule is COC(=O)c1ccc(-c2c3nc(c(-c4ccc(C(=O)OC)cc4)c4ccc([nH]4)c(-c4ccc(C(=O)OC)cc4)c4nc(c(-c5ccc(C(=O)OC)cc5)c5ccc2[nH]5)C=C4)C=C3)cc1.[Mn]. The summed E-state index contributed by atoms with van der Waals surface area (Å²) in [6.45, 7) is 0. The number of hydrogen-bond donors (Lipinski definition) is 2. The van der Waals surface area contributed by atoms with Crippen molar-refractivity contribution in [1.82, 2.24) is 19.9 Å². The molecule has 0 aliphatic carbocycles. The summed E-state index contributed by atoms with van der Waals surface area (Å²) in [6.07, 6.45) is 7.80. The van der Waals surface area contributed by atoms with E-state index in [1.165, 1.54) is 28.4 Å². The number of methoxy groups -OCH3 is 4. The Morgan fingerprint density at radius 2 is 0.538 bits per heavy atom. The third kappa shape index (κ3) is 8.29. The van der Waals surface area contributed by atoms with Crippen molar-refractivity contribution in [3.8, 4) is 44.5 Å². The van der Waals surface area contributed by atoms with E-state index in [1.54, 1.807) is 48.5 Å². The Bertz CT molecular complexity index is 2830. The van der Waals surface area contributed by atoms with Crippen LogP contribution >= 0.6 is 0 Å². The van der Waals surface area contributed by atoms with Crippen LogP contribution in [0.25, 0.3) is 90.9 Å². The minimum atomic E-state index is -0.453. The van der Waals surface area contributed by atoms with Gasteiger partial charge >= 0.3 is 23.9 Å². The van der Waals surface area contributed by atoms with Gasteiger partial charge in [-0.15, -0.1) is 0 Å². The second-order valence-electron chi connectivity index (χ2n) is 14.8. The molecule has 0 amide bonds. The molecule has 0 atom stereocenters. The Balaban J connectivity index is 0.00000576. The van der Waals surface area contributed by atoms with Gasteiger partial charge in [0.2, 0.25) is 0 Å². The summed E-state index contributed by atoms with van der Waals surface area (Å²) in [5, 5.41) is 0. The van der Waals surface area contributed by atoms with E-state index in [1.807, 2.05) is 97.1 Å². The van der Waals surface area contributed by atoms with Gasteiger partial charge in [0.25, 0.3) is 0 Å². The summed E-state index contributed by atoms with van der Waals surface area (Å²) in [4.78, 5) is 67.9. The van der Waals surface area contributed by atoms with E-state index in [0.29, 0.717) is 45.0 Å². The summed E-state index contributed by atoms with van der Waals surface area (Å²) in [6, 6.07) is 36.5. The monoisotopic (exact) mass is 901 g/mol. The fourth-order valence-electron chi connectivity index (χ4n) is 7.98. The molecule has 0 saturated carbocycles. The summed E-state index contributed by atoms with van der Waals surface area (Å²) >= 11 is 0. The first-order chi connectivity index (χ1) is 31.2. The molecule has 1 radical (unpaired) electrons. The summed E-state index contributed by atoms with van der Waals surface area (Å²) in [5.74, 6) is -1.81. The van der Waals surface area contributed by atoms with Gasteiger partial charge in [-0.1, -0.05) is 48.5 Å². The van der Waals surface area contributed by atoms with Crippen LogP contribution in [0, 0.1) is 0 Å². The summed E-state index contributed by atoms with van der Waals surface area (Å²) in [5.41, 5.74) is 13.3. The van der Waals surface area contributed by atoms with E-state index in [9.17, 15) is 19.2 Å².